The van der Waals surface area contributed by atoms with E-state index in [0.717, 1.165) is 0 Å². The minimum absolute atomic E-state index is 0.118. The third kappa shape index (κ3) is 5.00. The highest BCUT2D eigenvalue weighted by Crippen LogP contribution is 2.10. The molecule has 0 aliphatic rings. The molecular weight excluding hydrogens is 294 g/mol. The normalized spacial score (nSPS) is 9.91. The van der Waals surface area contributed by atoms with E-state index >= 15 is 0 Å². The molecule has 0 aliphatic carbocycles. The molecule has 1 heterocycles. The van der Waals surface area contributed by atoms with Crippen molar-refractivity contribution in [2.45, 2.75) is 19.9 Å². The van der Waals surface area contributed by atoms with Gasteiger partial charge in [-0.1, -0.05) is 0 Å². The van der Waals surface area contributed by atoms with Crippen LogP contribution < -0.4 is 5.32 Å². The molecule has 1 aromatic heterocycles. The van der Waals surface area contributed by atoms with Gasteiger partial charge in [0.1, 0.15) is 5.76 Å². The zero-order valence-corrected chi connectivity index (χ0v) is 12.8. The molecule has 0 spiro atoms. The van der Waals surface area contributed by atoms with E-state index in [1.807, 2.05) is 6.07 Å². The maximum absolute atomic E-state index is 12.0. The van der Waals surface area contributed by atoms with Crippen LogP contribution in [0.4, 0.5) is 5.69 Å². The van der Waals surface area contributed by atoms with Crippen molar-refractivity contribution in [3.63, 3.8) is 0 Å². The van der Waals surface area contributed by atoms with Crippen LogP contribution in [0, 0.1) is 11.3 Å². The summed E-state index contributed by atoms with van der Waals surface area (Å²) in [6, 6.07) is 12.2. The largest absolute Gasteiger partial charge is 0.467 e. The smallest absolute Gasteiger partial charge is 0.226 e. The molecule has 0 saturated heterocycles. The van der Waals surface area contributed by atoms with Crippen molar-refractivity contribution < 1.29 is 14.0 Å². The van der Waals surface area contributed by atoms with E-state index in [0.29, 0.717) is 30.1 Å². The summed E-state index contributed by atoms with van der Waals surface area (Å²) in [6.07, 6.45) is 1.73. The minimum Gasteiger partial charge on any atom is -0.467 e. The summed E-state index contributed by atoms with van der Waals surface area (Å²) in [7, 11) is 0. The number of nitrogens with one attached hydrogen (secondary N) is 1. The maximum Gasteiger partial charge on any atom is 0.226 e. The van der Waals surface area contributed by atoms with Crippen LogP contribution in [-0.2, 0) is 16.1 Å². The number of hydrogen-bond donors (Lipinski definition) is 1. The molecule has 2 rings (SSSR count). The summed E-state index contributed by atoms with van der Waals surface area (Å²) in [4.78, 5) is 25.1. The van der Waals surface area contributed by atoms with Gasteiger partial charge in [0.2, 0.25) is 11.8 Å². The van der Waals surface area contributed by atoms with Gasteiger partial charge in [-0.25, -0.2) is 0 Å². The molecule has 118 valence electrons. The van der Waals surface area contributed by atoms with E-state index in [4.69, 9.17) is 9.68 Å². The van der Waals surface area contributed by atoms with Crippen molar-refractivity contribution in [1.29, 1.82) is 5.26 Å². The van der Waals surface area contributed by atoms with E-state index in [-0.39, 0.29) is 18.2 Å². The van der Waals surface area contributed by atoms with E-state index in [1.165, 1.54) is 6.92 Å². The third-order valence-electron chi connectivity index (χ3n) is 3.28. The average molecular weight is 311 g/mol. The molecule has 0 bridgehead atoms. The first-order valence-electron chi connectivity index (χ1n) is 7.16. The number of rotatable bonds is 6. The highest BCUT2D eigenvalue weighted by atomic mass is 16.3. The fraction of sp³-hybridized carbons (Fsp3) is 0.235. The Kier molecular flexibility index (Phi) is 5.53. The highest BCUT2D eigenvalue weighted by molar-refractivity contribution is 5.91. The molecule has 0 fully saturated rings. The molecular formula is C17H17N3O3. The Bertz CT molecular complexity index is 700. The number of nitriles is 1. The van der Waals surface area contributed by atoms with Gasteiger partial charge >= 0.3 is 0 Å². The summed E-state index contributed by atoms with van der Waals surface area (Å²) < 4.78 is 5.22. The molecule has 6 nitrogen and oxygen atoms in total. The molecule has 1 aromatic carbocycles. The van der Waals surface area contributed by atoms with Crippen LogP contribution in [0.15, 0.2) is 47.1 Å². The number of anilines is 1. The molecule has 6 heteroatoms. The van der Waals surface area contributed by atoms with Crippen LogP contribution in [-0.4, -0.2) is 23.3 Å². The lowest BCUT2D eigenvalue weighted by Gasteiger charge is -2.19. The molecule has 2 aromatic rings. The van der Waals surface area contributed by atoms with E-state index in [2.05, 4.69) is 5.32 Å². The second-order valence-electron chi connectivity index (χ2n) is 5.01. The second kappa shape index (κ2) is 7.80. The molecule has 23 heavy (non-hydrogen) atoms. The zero-order valence-electron chi connectivity index (χ0n) is 12.8. The SMILES string of the molecule is CC(=O)N(CCC(=O)Nc1ccc(C#N)cc1)Cc1ccco1. The lowest BCUT2D eigenvalue weighted by molar-refractivity contribution is -0.130. The standard InChI is InChI=1S/C17H17N3O3/c1-13(21)20(12-16-3-2-10-23-16)9-8-17(22)19-15-6-4-14(11-18)5-7-15/h2-7,10H,8-9,12H2,1H3,(H,19,22). The van der Waals surface area contributed by atoms with E-state index in [1.54, 1.807) is 47.6 Å². The summed E-state index contributed by atoms with van der Waals surface area (Å²) in [5.74, 6) is 0.362. The lowest BCUT2D eigenvalue weighted by atomic mass is 10.2. The number of carbonyl (C=O) groups excluding carboxylic acids is 2. The molecule has 0 atom stereocenters. The monoisotopic (exact) mass is 311 g/mol. The number of hydrogen-bond acceptors (Lipinski definition) is 4. The third-order valence-corrected chi connectivity index (χ3v) is 3.28. The first-order valence-corrected chi connectivity index (χ1v) is 7.16. The van der Waals surface area contributed by atoms with Gasteiger partial charge in [-0.05, 0) is 36.4 Å². The first-order chi connectivity index (χ1) is 11.1. The Balaban J connectivity index is 1.85. The quantitative estimate of drug-likeness (QED) is 0.888. The van der Waals surface area contributed by atoms with Gasteiger partial charge in [-0.3, -0.25) is 9.59 Å². The van der Waals surface area contributed by atoms with Crippen molar-refractivity contribution in [3.8, 4) is 6.07 Å². The molecule has 0 unspecified atom stereocenters. The fourth-order valence-corrected chi connectivity index (χ4v) is 2.03. The van der Waals surface area contributed by atoms with Crippen LogP contribution in [0.25, 0.3) is 0 Å². The van der Waals surface area contributed by atoms with Crippen molar-refractivity contribution in [2.75, 3.05) is 11.9 Å². The van der Waals surface area contributed by atoms with Crippen molar-refractivity contribution in [3.05, 3.63) is 54.0 Å². The van der Waals surface area contributed by atoms with Crippen LogP contribution in [0.2, 0.25) is 0 Å². The second-order valence-corrected chi connectivity index (χ2v) is 5.01. The predicted octanol–water partition coefficient (Wildman–Crippen LogP) is 2.53. The van der Waals surface area contributed by atoms with Crippen LogP contribution >= 0.6 is 0 Å². The van der Waals surface area contributed by atoms with Gasteiger partial charge < -0.3 is 14.6 Å². The Labute approximate surface area is 134 Å². The molecule has 2 amide bonds. The van der Waals surface area contributed by atoms with Gasteiger partial charge in [0.15, 0.2) is 0 Å². The van der Waals surface area contributed by atoms with Gasteiger partial charge in [0, 0.05) is 25.6 Å². The molecule has 0 aliphatic heterocycles. The summed E-state index contributed by atoms with van der Waals surface area (Å²) in [5.41, 5.74) is 1.15. The predicted molar refractivity (Wildman–Crippen MR) is 84.2 cm³/mol. The zero-order chi connectivity index (χ0) is 16.7. The van der Waals surface area contributed by atoms with E-state index < -0.39 is 0 Å². The Morgan fingerprint density at radius 2 is 2.00 bits per heavy atom. The number of amides is 2. The van der Waals surface area contributed by atoms with Crippen molar-refractivity contribution >= 4 is 17.5 Å². The fourth-order valence-electron chi connectivity index (χ4n) is 2.03. The first kappa shape index (κ1) is 16.3. The average Bonchev–Trinajstić information content (AvgIpc) is 3.05. The number of furan rings is 1. The van der Waals surface area contributed by atoms with Gasteiger partial charge in [-0.2, -0.15) is 5.26 Å². The molecule has 0 saturated carbocycles. The van der Waals surface area contributed by atoms with Crippen molar-refractivity contribution in [2.24, 2.45) is 0 Å². The van der Waals surface area contributed by atoms with Gasteiger partial charge in [-0.15, -0.1) is 0 Å². The van der Waals surface area contributed by atoms with Gasteiger partial charge in [0.25, 0.3) is 0 Å². The molecule has 0 radical (unpaired) electrons. The summed E-state index contributed by atoms with van der Waals surface area (Å²) >= 11 is 0. The van der Waals surface area contributed by atoms with Crippen LogP contribution in [0.1, 0.15) is 24.7 Å². The van der Waals surface area contributed by atoms with E-state index in [9.17, 15) is 9.59 Å². The lowest BCUT2D eigenvalue weighted by Crippen LogP contribution is -2.31. The Hall–Kier alpha value is -3.07. The summed E-state index contributed by atoms with van der Waals surface area (Å²) in [5, 5.41) is 11.5. The number of benzene rings is 1. The summed E-state index contributed by atoms with van der Waals surface area (Å²) in [6.45, 7) is 2.10. The Morgan fingerprint density at radius 3 is 2.57 bits per heavy atom. The highest BCUT2D eigenvalue weighted by Gasteiger charge is 2.13. The van der Waals surface area contributed by atoms with Crippen LogP contribution in [0.3, 0.4) is 0 Å². The number of carbonyl (C=O) groups is 2. The molecule has 1 N–H and O–H groups in total. The maximum atomic E-state index is 12.0. The Morgan fingerprint density at radius 1 is 1.26 bits per heavy atom. The van der Waals surface area contributed by atoms with Crippen LogP contribution in [0.5, 0.6) is 0 Å². The van der Waals surface area contributed by atoms with Crippen molar-refractivity contribution in [1.82, 2.24) is 4.90 Å². The minimum atomic E-state index is -0.194. The topological polar surface area (TPSA) is 86.3 Å². The number of nitrogens with zero attached hydrogens (tertiary/aromatic N) is 2. The van der Waals surface area contributed by atoms with Gasteiger partial charge in [0.05, 0.1) is 24.4 Å².